The molecule has 1 aliphatic rings. The van der Waals surface area contributed by atoms with Gasteiger partial charge in [-0.15, -0.1) is 11.3 Å². The van der Waals surface area contributed by atoms with Gasteiger partial charge < -0.3 is 5.32 Å². The van der Waals surface area contributed by atoms with Crippen LogP contribution in [0.4, 0.5) is 5.13 Å². The molecule has 1 aromatic heterocycles. The second kappa shape index (κ2) is 4.97. The Morgan fingerprint density at radius 3 is 2.82 bits per heavy atom. The molecule has 0 fully saturated rings. The molecule has 3 heteroatoms. The van der Waals surface area contributed by atoms with Crippen molar-refractivity contribution in [2.24, 2.45) is 5.92 Å². The molecule has 1 heterocycles. The summed E-state index contributed by atoms with van der Waals surface area (Å²) in [5, 5.41) is 4.60. The quantitative estimate of drug-likeness (QED) is 0.869. The van der Waals surface area contributed by atoms with Gasteiger partial charge in [-0.05, 0) is 46.0 Å². The second-order valence-corrected chi connectivity index (χ2v) is 7.25. The van der Waals surface area contributed by atoms with E-state index in [0.29, 0.717) is 0 Å². The SMILES string of the molecule is CCCC1CCc2nc(NC(C)(C)C)sc2C1. The van der Waals surface area contributed by atoms with E-state index in [9.17, 15) is 0 Å². The average molecular weight is 252 g/mol. The van der Waals surface area contributed by atoms with Crippen LogP contribution >= 0.6 is 11.3 Å². The van der Waals surface area contributed by atoms with Crippen LogP contribution in [0.5, 0.6) is 0 Å². The second-order valence-electron chi connectivity index (χ2n) is 6.16. The van der Waals surface area contributed by atoms with Gasteiger partial charge in [0.2, 0.25) is 0 Å². The van der Waals surface area contributed by atoms with Gasteiger partial charge in [-0.1, -0.05) is 19.8 Å². The van der Waals surface area contributed by atoms with Gasteiger partial charge in [0.15, 0.2) is 5.13 Å². The first kappa shape index (κ1) is 12.9. The number of rotatable bonds is 3. The minimum Gasteiger partial charge on any atom is -0.357 e. The lowest BCUT2D eigenvalue weighted by Crippen LogP contribution is -2.25. The van der Waals surface area contributed by atoms with Gasteiger partial charge in [0.25, 0.3) is 0 Å². The highest BCUT2D eigenvalue weighted by molar-refractivity contribution is 7.15. The molecule has 0 spiro atoms. The first-order valence-electron chi connectivity index (χ1n) is 6.74. The highest BCUT2D eigenvalue weighted by Gasteiger charge is 2.23. The van der Waals surface area contributed by atoms with Crippen LogP contribution in [0.1, 0.15) is 57.5 Å². The predicted molar refractivity (Wildman–Crippen MR) is 75.9 cm³/mol. The number of anilines is 1. The molecular weight excluding hydrogens is 228 g/mol. The Hall–Kier alpha value is -0.570. The van der Waals surface area contributed by atoms with Crippen LogP contribution in [0.15, 0.2) is 0 Å². The summed E-state index contributed by atoms with van der Waals surface area (Å²) in [4.78, 5) is 6.27. The maximum absolute atomic E-state index is 4.74. The molecular formula is C14H24N2S. The van der Waals surface area contributed by atoms with Gasteiger partial charge in [0.1, 0.15) is 0 Å². The Kier molecular flexibility index (Phi) is 3.76. The van der Waals surface area contributed by atoms with Crippen LogP contribution in [-0.4, -0.2) is 10.5 Å². The maximum Gasteiger partial charge on any atom is 0.183 e. The number of aromatic nitrogens is 1. The van der Waals surface area contributed by atoms with E-state index in [1.54, 1.807) is 0 Å². The maximum atomic E-state index is 4.74. The number of fused-ring (bicyclic) bond motifs is 1. The van der Waals surface area contributed by atoms with E-state index < -0.39 is 0 Å². The Morgan fingerprint density at radius 1 is 1.41 bits per heavy atom. The molecule has 1 aromatic rings. The van der Waals surface area contributed by atoms with Gasteiger partial charge >= 0.3 is 0 Å². The molecule has 0 radical (unpaired) electrons. The molecule has 2 rings (SSSR count). The smallest absolute Gasteiger partial charge is 0.183 e. The number of thiazole rings is 1. The van der Waals surface area contributed by atoms with Crippen molar-refractivity contribution in [2.45, 2.75) is 65.3 Å². The molecule has 0 saturated heterocycles. The van der Waals surface area contributed by atoms with E-state index in [1.165, 1.54) is 42.7 Å². The average Bonchev–Trinajstić information content (AvgIpc) is 2.56. The molecule has 0 saturated carbocycles. The fourth-order valence-electron chi connectivity index (χ4n) is 2.47. The van der Waals surface area contributed by atoms with E-state index in [-0.39, 0.29) is 5.54 Å². The van der Waals surface area contributed by atoms with Crippen LogP contribution < -0.4 is 5.32 Å². The van der Waals surface area contributed by atoms with Gasteiger partial charge in [-0.25, -0.2) is 4.98 Å². The van der Waals surface area contributed by atoms with Gasteiger partial charge in [0, 0.05) is 10.4 Å². The van der Waals surface area contributed by atoms with Crippen molar-refractivity contribution in [1.82, 2.24) is 4.98 Å². The van der Waals surface area contributed by atoms with Crippen molar-refractivity contribution < 1.29 is 0 Å². The molecule has 0 bridgehead atoms. The molecule has 1 aliphatic carbocycles. The largest absolute Gasteiger partial charge is 0.357 e. The summed E-state index contributed by atoms with van der Waals surface area (Å²) in [6.07, 6.45) is 6.46. The highest BCUT2D eigenvalue weighted by atomic mass is 32.1. The monoisotopic (exact) mass is 252 g/mol. The molecule has 96 valence electrons. The van der Waals surface area contributed by atoms with Gasteiger partial charge in [0.05, 0.1) is 5.69 Å². The van der Waals surface area contributed by atoms with E-state index in [1.807, 2.05) is 11.3 Å². The molecule has 1 unspecified atom stereocenters. The van der Waals surface area contributed by atoms with Crippen molar-refractivity contribution in [3.8, 4) is 0 Å². The van der Waals surface area contributed by atoms with Crippen molar-refractivity contribution in [3.63, 3.8) is 0 Å². The fourth-order valence-corrected chi connectivity index (χ4v) is 3.80. The summed E-state index contributed by atoms with van der Waals surface area (Å²) in [5.74, 6) is 0.899. The van der Waals surface area contributed by atoms with E-state index in [4.69, 9.17) is 4.98 Å². The zero-order valence-electron chi connectivity index (χ0n) is 11.5. The molecule has 0 aromatic carbocycles. The standard InChI is InChI=1S/C14H24N2S/c1-5-6-10-7-8-11-12(9-10)17-13(15-11)16-14(2,3)4/h10H,5-9H2,1-4H3,(H,15,16). The predicted octanol–water partition coefficient (Wildman–Crippen LogP) is 4.26. The highest BCUT2D eigenvalue weighted by Crippen LogP contribution is 2.34. The summed E-state index contributed by atoms with van der Waals surface area (Å²) in [6, 6.07) is 0. The van der Waals surface area contributed by atoms with E-state index >= 15 is 0 Å². The van der Waals surface area contributed by atoms with Crippen molar-refractivity contribution in [3.05, 3.63) is 10.6 Å². The molecule has 1 atom stereocenters. The first-order valence-corrected chi connectivity index (χ1v) is 7.56. The number of hydrogen-bond donors (Lipinski definition) is 1. The number of nitrogens with one attached hydrogen (secondary N) is 1. The fraction of sp³-hybridized carbons (Fsp3) is 0.786. The minimum absolute atomic E-state index is 0.114. The lowest BCUT2D eigenvalue weighted by atomic mass is 9.88. The van der Waals surface area contributed by atoms with Crippen LogP contribution in [-0.2, 0) is 12.8 Å². The van der Waals surface area contributed by atoms with Crippen molar-refractivity contribution in [2.75, 3.05) is 5.32 Å². The first-order chi connectivity index (χ1) is 7.98. The zero-order chi connectivity index (χ0) is 12.5. The summed E-state index contributed by atoms with van der Waals surface area (Å²) >= 11 is 1.87. The van der Waals surface area contributed by atoms with E-state index in [0.717, 1.165) is 11.0 Å². The Labute approximate surface area is 109 Å². The third kappa shape index (κ3) is 3.44. The van der Waals surface area contributed by atoms with Crippen LogP contribution in [0.25, 0.3) is 0 Å². The van der Waals surface area contributed by atoms with E-state index in [2.05, 4.69) is 33.0 Å². The Morgan fingerprint density at radius 2 is 2.18 bits per heavy atom. The minimum atomic E-state index is 0.114. The lowest BCUT2D eigenvalue weighted by molar-refractivity contribution is 0.424. The molecule has 17 heavy (non-hydrogen) atoms. The lowest BCUT2D eigenvalue weighted by Gasteiger charge is -2.19. The molecule has 0 amide bonds. The summed E-state index contributed by atoms with van der Waals surface area (Å²) in [6.45, 7) is 8.85. The van der Waals surface area contributed by atoms with Gasteiger partial charge in [-0.3, -0.25) is 0 Å². The summed E-state index contributed by atoms with van der Waals surface area (Å²) in [5.41, 5.74) is 1.47. The molecule has 1 N–H and O–H groups in total. The van der Waals surface area contributed by atoms with Crippen LogP contribution in [0.3, 0.4) is 0 Å². The van der Waals surface area contributed by atoms with Crippen LogP contribution in [0.2, 0.25) is 0 Å². The third-order valence-corrected chi connectivity index (χ3v) is 4.26. The topological polar surface area (TPSA) is 24.9 Å². The van der Waals surface area contributed by atoms with Crippen molar-refractivity contribution in [1.29, 1.82) is 0 Å². The Balaban J connectivity index is 2.07. The number of nitrogens with zero attached hydrogens (tertiary/aromatic N) is 1. The van der Waals surface area contributed by atoms with Crippen molar-refractivity contribution >= 4 is 16.5 Å². The number of aryl methyl sites for hydroxylation is 1. The zero-order valence-corrected chi connectivity index (χ0v) is 12.3. The number of hydrogen-bond acceptors (Lipinski definition) is 3. The summed E-state index contributed by atoms with van der Waals surface area (Å²) < 4.78 is 0. The van der Waals surface area contributed by atoms with Gasteiger partial charge in [-0.2, -0.15) is 0 Å². The third-order valence-electron chi connectivity index (χ3n) is 3.22. The molecule has 0 aliphatic heterocycles. The Bertz CT molecular complexity index is 376. The molecule has 2 nitrogen and oxygen atoms in total. The van der Waals surface area contributed by atoms with Crippen LogP contribution in [0, 0.1) is 5.92 Å². The normalized spacial score (nSPS) is 20.1. The summed E-state index contributed by atoms with van der Waals surface area (Å²) in [7, 11) is 0.